The molecule has 0 aromatic heterocycles. The van der Waals surface area contributed by atoms with E-state index in [9.17, 15) is 4.39 Å². The second-order valence-corrected chi connectivity index (χ2v) is 7.09. The van der Waals surface area contributed by atoms with Crippen LogP contribution < -0.4 is 20.3 Å². The molecule has 2 rings (SSSR count). The number of benzene rings is 2. The van der Waals surface area contributed by atoms with Crippen molar-refractivity contribution >= 4 is 23.0 Å². The quantitative estimate of drug-likeness (QED) is 0.427. The largest absolute Gasteiger partial charge is 0.494 e. The zero-order valence-electron chi connectivity index (χ0n) is 16.7. The van der Waals surface area contributed by atoms with Crippen molar-refractivity contribution in [3.8, 4) is 5.75 Å². The second-order valence-electron chi connectivity index (χ2n) is 6.70. The topological polar surface area (TPSA) is 36.5 Å². The Morgan fingerprint density at radius 2 is 1.68 bits per heavy atom. The van der Waals surface area contributed by atoms with E-state index in [0.717, 1.165) is 36.6 Å². The number of nitrogens with one attached hydrogen (secondary N) is 2. The third-order valence-corrected chi connectivity index (χ3v) is 4.89. The van der Waals surface area contributed by atoms with Crippen LogP contribution in [0.4, 0.5) is 10.1 Å². The molecule has 0 radical (unpaired) electrons. The summed E-state index contributed by atoms with van der Waals surface area (Å²) < 4.78 is 18.8. The smallest absolute Gasteiger partial charge is 0.173 e. The molecule has 2 aromatic rings. The van der Waals surface area contributed by atoms with Crippen molar-refractivity contribution in [2.24, 2.45) is 0 Å². The van der Waals surface area contributed by atoms with E-state index >= 15 is 0 Å². The number of nitrogens with zero attached hydrogens (tertiary/aromatic N) is 1. The Bertz CT molecular complexity index is 707. The Balaban J connectivity index is 1.72. The average molecular weight is 404 g/mol. The van der Waals surface area contributed by atoms with E-state index in [4.69, 9.17) is 17.0 Å². The first-order chi connectivity index (χ1) is 13.6. The lowest BCUT2D eigenvalue weighted by atomic mass is 10.2. The summed E-state index contributed by atoms with van der Waals surface area (Å²) in [6, 6.07) is 14.3. The molecule has 0 aliphatic rings. The van der Waals surface area contributed by atoms with Crippen molar-refractivity contribution in [1.82, 2.24) is 10.6 Å². The summed E-state index contributed by atoms with van der Waals surface area (Å²) in [5, 5.41) is 6.97. The molecule has 0 atom stereocenters. The van der Waals surface area contributed by atoms with E-state index in [-0.39, 0.29) is 5.82 Å². The van der Waals surface area contributed by atoms with Gasteiger partial charge >= 0.3 is 0 Å². The fraction of sp³-hybridized carbons (Fsp3) is 0.409. The summed E-state index contributed by atoms with van der Waals surface area (Å²) in [4.78, 5) is 1.91. The highest BCUT2D eigenvalue weighted by molar-refractivity contribution is 7.80. The minimum Gasteiger partial charge on any atom is -0.494 e. The molecule has 0 saturated heterocycles. The van der Waals surface area contributed by atoms with Crippen molar-refractivity contribution in [2.75, 3.05) is 32.1 Å². The number of halogens is 1. The van der Waals surface area contributed by atoms with Crippen LogP contribution in [-0.4, -0.2) is 32.4 Å². The van der Waals surface area contributed by atoms with E-state index in [1.165, 1.54) is 31.4 Å². The average Bonchev–Trinajstić information content (AvgIpc) is 2.72. The lowest BCUT2D eigenvalue weighted by molar-refractivity contribution is 0.304. The highest BCUT2D eigenvalue weighted by atomic mass is 32.1. The van der Waals surface area contributed by atoms with Gasteiger partial charge < -0.3 is 20.3 Å². The Morgan fingerprint density at radius 3 is 2.36 bits per heavy atom. The number of hydrogen-bond acceptors (Lipinski definition) is 3. The van der Waals surface area contributed by atoms with E-state index in [2.05, 4.69) is 10.6 Å². The zero-order valence-corrected chi connectivity index (χ0v) is 17.5. The summed E-state index contributed by atoms with van der Waals surface area (Å²) >= 11 is 5.45. The minimum absolute atomic E-state index is 0.237. The van der Waals surface area contributed by atoms with Crippen LogP contribution in [0, 0.1) is 5.82 Å². The Labute approximate surface area is 173 Å². The summed E-state index contributed by atoms with van der Waals surface area (Å²) in [6.07, 6.45) is 4.71. The monoisotopic (exact) mass is 403 g/mol. The van der Waals surface area contributed by atoms with Crippen molar-refractivity contribution in [3.63, 3.8) is 0 Å². The lowest BCUT2D eigenvalue weighted by Crippen LogP contribution is -2.36. The molecule has 0 spiro atoms. The molecule has 0 saturated carbocycles. The predicted molar refractivity (Wildman–Crippen MR) is 119 cm³/mol. The van der Waals surface area contributed by atoms with Crippen LogP contribution in [-0.2, 0) is 6.54 Å². The molecular formula is C22H30FN3OS. The van der Waals surface area contributed by atoms with Gasteiger partial charge in [-0.2, -0.15) is 0 Å². The van der Waals surface area contributed by atoms with Crippen LogP contribution in [0.1, 0.15) is 31.2 Å². The molecule has 0 heterocycles. The van der Waals surface area contributed by atoms with Gasteiger partial charge in [0.15, 0.2) is 5.11 Å². The predicted octanol–water partition coefficient (Wildman–Crippen LogP) is 4.50. The Morgan fingerprint density at radius 1 is 1.00 bits per heavy atom. The number of ether oxygens (including phenoxy) is 1. The maximum Gasteiger partial charge on any atom is 0.173 e. The van der Waals surface area contributed by atoms with Gasteiger partial charge in [0.25, 0.3) is 0 Å². The fourth-order valence-electron chi connectivity index (χ4n) is 2.73. The number of anilines is 1. The second kappa shape index (κ2) is 12.3. The van der Waals surface area contributed by atoms with E-state index in [1.807, 2.05) is 43.3 Å². The first-order valence-electron chi connectivity index (χ1n) is 9.73. The maximum absolute atomic E-state index is 13.0. The van der Waals surface area contributed by atoms with Gasteiger partial charge in [0, 0.05) is 19.3 Å². The Hall–Kier alpha value is -2.18. The van der Waals surface area contributed by atoms with Crippen LogP contribution >= 0.6 is 12.2 Å². The zero-order chi connectivity index (χ0) is 20.2. The van der Waals surface area contributed by atoms with Crippen LogP contribution in [0.15, 0.2) is 48.5 Å². The van der Waals surface area contributed by atoms with Gasteiger partial charge in [-0.05, 0) is 80.6 Å². The van der Waals surface area contributed by atoms with Crippen LogP contribution in [0.5, 0.6) is 5.75 Å². The molecule has 152 valence electrons. The molecule has 28 heavy (non-hydrogen) atoms. The maximum atomic E-state index is 13.0. The number of rotatable bonds is 11. The minimum atomic E-state index is -0.237. The standard InChI is InChI=1S/C22H30FN3OS/c1-24-15-5-3-4-6-16-27-21-13-11-20(12-14-21)26(2)22(28)25-17-18-7-9-19(23)10-8-18/h7-14,24H,3-6,15-17H2,1-2H3,(H,25,28). The summed E-state index contributed by atoms with van der Waals surface area (Å²) in [6.45, 7) is 2.38. The van der Waals surface area contributed by atoms with Gasteiger partial charge in [-0.1, -0.05) is 25.0 Å². The normalized spacial score (nSPS) is 10.5. The molecule has 0 aliphatic heterocycles. The summed E-state index contributed by atoms with van der Waals surface area (Å²) in [5.74, 6) is 0.636. The molecule has 0 aliphatic carbocycles. The molecule has 2 N–H and O–H groups in total. The molecular weight excluding hydrogens is 373 g/mol. The first-order valence-corrected chi connectivity index (χ1v) is 10.1. The molecule has 6 heteroatoms. The van der Waals surface area contributed by atoms with Gasteiger partial charge in [-0.3, -0.25) is 0 Å². The molecule has 2 aromatic carbocycles. The van der Waals surface area contributed by atoms with Crippen molar-refractivity contribution in [2.45, 2.75) is 32.2 Å². The third-order valence-electron chi connectivity index (χ3n) is 4.48. The van der Waals surface area contributed by atoms with Crippen molar-refractivity contribution in [3.05, 3.63) is 59.9 Å². The van der Waals surface area contributed by atoms with Gasteiger partial charge in [0.1, 0.15) is 11.6 Å². The van der Waals surface area contributed by atoms with Gasteiger partial charge in [0.05, 0.1) is 6.61 Å². The highest BCUT2D eigenvalue weighted by Gasteiger charge is 2.07. The summed E-state index contributed by atoms with van der Waals surface area (Å²) in [7, 11) is 3.90. The van der Waals surface area contributed by atoms with E-state index in [1.54, 1.807) is 12.1 Å². The lowest BCUT2D eigenvalue weighted by Gasteiger charge is -2.21. The molecule has 0 unspecified atom stereocenters. The first kappa shape index (κ1) is 22.1. The van der Waals surface area contributed by atoms with Crippen LogP contribution in [0.25, 0.3) is 0 Å². The van der Waals surface area contributed by atoms with E-state index < -0.39 is 0 Å². The SMILES string of the molecule is CNCCCCCCOc1ccc(N(C)C(=S)NCc2ccc(F)cc2)cc1. The molecule has 0 bridgehead atoms. The summed E-state index contributed by atoms with van der Waals surface area (Å²) in [5.41, 5.74) is 1.96. The molecule has 4 nitrogen and oxygen atoms in total. The third kappa shape index (κ3) is 7.82. The van der Waals surface area contributed by atoms with Gasteiger partial charge in [-0.15, -0.1) is 0 Å². The Kier molecular flexibility index (Phi) is 9.72. The van der Waals surface area contributed by atoms with Crippen molar-refractivity contribution in [1.29, 1.82) is 0 Å². The van der Waals surface area contributed by atoms with Crippen LogP contribution in [0.3, 0.4) is 0 Å². The van der Waals surface area contributed by atoms with Crippen LogP contribution in [0.2, 0.25) is 0 Å². The number of hydrogen-bond donors (Lipinski definition) is 2. The number of unbranched alkanes of at least 4 members (excludes halogenated alkanes) is 3. The highest BCUT2D eigenvalue weighted by Crippen LogP contribution is 2.19. The van der Waals surface area contributed by atoms with Gasteiger partial charge in [-0.25, -0.2) is 4.39 Å². The van der Waals surface area contributed by atoms with Gasteiger partial charge in [0.2, 0.25) is 0 Å². The molecule has 0 amide bonds. The van der Waals surface area contributed by atoms with Crippen molar-refractivity contribution < 1.29 is 9.13 Å². The van der Waals surface area contributed by atoms with E-state index in [0.29, 0.717) is 11.7 Å². The fourth-order valence-corrected chi connectivity index (χ4v) is 2.91. The molecule has 0 fully saturated rings. The number of thiocarbonyl (C=S) groups is 1.